The molecule has 4 rings (SSSR count). The van der Waals surface area contributed by atoms with Gasteiger partial charge in [0.1, 0.15) is 0 Å². The van der Waals surface area contributed by atoms with Crippen LogP contribution in [0.5, 0.6) is 0 Å². The third-order valence-electron chi connectivity index (χ3n) is 5.56. The first-order chi connectivity index (χ1) is 12.3. The summed E-state index contributed by atoms with van der Waals surface area (Å²) >= 11 is 0. The molecule has 0 nitrogen and oxygen atoms in total. The number of hydrogen-bond acceptors (Lipinski definition) is 0. The van der Waals surface area contributed by atoms with Crippen LogP contribution in [0.4, 0.5) is 0 Å². The van der Waals surface area contributed by atoms with E-state index in [4.69, 9.17) is 0 Å². The molecule has 0 bridgehead atoms. The van der Waals surface area contributed by atoms with Crippen molar-refractivity contribution in [3.63, 3.8) is 0 Å². The number of rotatable bonds is 5. The number of aryl methyl sites for hydroxylation is 1. The highest BCUT2D eigenvalue weighted by atomic mass is 14.2. The lowest BCUT2D eigenvalue weighted by atomic mass is 9.93. The van der Waals surface area contributed by atoms with Gasteiger partial charge in [-0.25, -0.2) is 0 Å². The van der Waals surface area contributed by atoms with Gasteiger partial charge in [-0.3, -0.25) is 0 Å². The lowest BCUT2D eigenvalue weighted by molar-refractivity contribution is 0.669. The summed E-state index contributed by atoms with van der Waals surface area (Å²) < 4.78 is 0. The summed E-state index contributed by atoms with van der Waals surface area (Å²) in [5.74, 6) is 0.625. The second kappa shape index (κ2) is 6.88. The minimum absolute atomic E-state index is 0.625. The maximum atomic E-state index is 2.39. The molecule has 25 heavy (non-hydrogen) atoms. The number of allylic oxidation sites excluding steroid dienone is 5. The quantitative estimate of drug-likeness (QED) is 0.546. The van der Waals surface area contributed by atoms with Crippen LogP contribution in [0.2, 0.25) is 0 Å². The molecule has 0 saturated carbocycles. The van der Waals surface area contributed by atoms with E-state index in [1.165, 1.54) is 58.2 Å². The summed E-state index contributed by atoms with van der Waals surface area (Å²) in [5, 5.41) is 0. The average Bonchev–Trinajstić information content (AvgIpc) is 3.27. The SMILES string of the molecule is CCCCC1C=Cc2cc(C3=CCC(c4ccccc4C)=C3)ccc21. The summed E-state index contributed by atoms with van der Waals surface area (Å²) in [6.45, 7) is 4.47. The Morgan fingerprint density at radius 3 is 2.80 bits per heavy atom. The molecule has 2 aliphatic rings. The molecule has 126 valence electrons. The van der Waals surface area contributed by atoms with Crippen LogP contribution in [0, 0.1) is 6.92 Å². The Labute approximate surface area is 151 Å². The van der Waals surface area contributed by atoms with Crippen molar-refractivity contribution < 1.29 is 0 Å². The van der Waals surface area contributed by atoms with Gasteiger partial charge in [0, 0.05) is 5.92 Å². The van der Waals surface area contributed by atoms with Gasteiger partial charge in [0.25, 0.3) is 0 Å². The Hall–Kier alpha value is -2.34. The molecule has 0 radical (unpaired) electrons. The number of benzene rings is 2. The van der Waals surface area contributed by atoms with Crippen LogP contribution in [0.3, 0.4) is 0 Å². The van der Waals surface area contributed by atoms with E-state index in [-0.39, 0.29) is 0 Å². The zero-order valence-corrected chi connectivity index (χ0v) is 15.3. The van der Waals surface area contributed by atoms with Crippen molar-refractivity contribution in [1.82, 2.24) is 0 Å². The maximum absolute atomic E-state index is 2.39. The highest BCUT2D eigenvalue weighted by Crippen LogP contribution is 2.38. The molecule has 0 amide bonds. The Morgan fingerprint density at radius 1 is 1.08 bits per heavy atom. The van der Waals surface area contributed by atoms with E-state index in [1.807, 2.05) is 0 Å². The van der Waals surface area contributed by atoms with E-state index >= 15 is 0 Å². The van der Waals surface area contributed by atoms with Crippen molar-refractivity contribution in [2.45, 2.75) is 45.4 Å². The molecule has 0 spiro atoms. The van der Waals surface area contributed by atoms with Crippen LogP contribution >= 0.6 is 0 Å². The van der Waals surface area contributed by atoms with E-state index in [0.717, 1.165) is 6.42 Å². The summed E-state index contributed by atoms with van der Waals surface area (Å²) in [5.41, 5.74) is 9.82. The smallest absolute Gasteiger partial charge is 0.00272 e. The molecule has 2 aliphatic carbocycles. The van der Waals surface area contributed by atoms with Crippen molar-refractivity contribution in [1.29, 1.82) is 0 Å². The van der Waals surface area contributed by atoms with Crippen molar-refractivity contribution in [3.05, 3.63) is 88.5 Å². The van der Waals surface area contributed by atoms with E-state index in [0.29, 0.717) is 5.92 Å². The monoisotopic (exact) mass is 326 g/mol. The number of hydrogen-bond donors (Lipinski definition) is 0. The molecule has 2 aromatic carbocycles. The van der Waals surface area contributed by atoms with Crippen molar-refractivity contribution in [3.8, 4) is 0 Å². The van der Waals surface area contributed by atoms with Crippen LogP contribution < -0.4 is 0 Å². The van der Waals surface area contributed by atoms with E-state index in [9.17, 15) is 0 Å². The molecule has 1 atom stereocenters. The van der Waals surface area contributed by atoms with Gasteiger partial charge in [-0.05, 0) is 64.8 Å². The Kier molecular flexibility index (Phi) is 4.44. The zero-order valence-electron chi connectivity index (χ0n) is 15.3. The van der Waals surface area contributed by atoms with Crippen LogP contribution in [0.15, 0.2) is 60.7 Å². The third kappa shape index (κ3) is 3.14. The molecule has 0 heterocycles. The second-order valence-electron chi connectivity index (χ2n) is 7.30. The van der Waals surface area contributed by atoms with Crippen LogP contribution in [0.1, 0.15) is 66.3 Å². The van der Waals surface area contributed by atoms with Gasteiger partial charge in [0.2, 0.25) is 0 Å². The predicted molar refractivity (Wildman–Crippen MR) is 109 cm³/mol. The standard InChI is InChI=1S/C25H26/c1-3-4-8-19-10-12-23-17-21(14-15-25(19)23)20-11-13-22(16-20)24-9-6-5-7-18(24)2/h5-7,9-12,14-17,19H,3-4,8,13H2,1-2H3. The molecule has 0 heteroatoms. The van der Waals surface area contributed by atoms with Gasteiger partial charge >= 0.3 is 0 Å². The maximum Gasteiger partial charge on any atom is 0.00272 e. The zero-order chi connectivity index (χ0) is 17.2. The molecule has 0 N–H and O–H groups in total. The second-order valence-corrected chi connectivity index (χ2v) is 7.30. The van der Waals surface area contributed by atoms with Crippen LogP contribution in [-0.2, 0) is 0 Å². The Morgan fingerprint density at radius 2 is 1.96 bits per heavy atom. The van der Waals surface area contributed by atoms with Crippen molar-refractivity contribution in [2.24, 2.45) is 0 Å². The third-order valence-corrected chi connectivity index (χ3v) is 5.56. The van der Waals surface area contributed by atoms with Gasteiger partial charge in [-0.2, -0.15) is 0 Å². The molecular formula is C25H26. The van der Waals surface area contributed by atoms with Gasteiger partial charge in [0.15, 0.2) is 0 Å². The topological polar surface area (TPSA) is 0 Å². The minimum atomic E-state index is 0.625. The molecular weight excluding hydrogens is 300 g/mol. The Balaban J connectivity index is 1.58. The van der Waals surface area contributed by atoms with E-state index in [1.54, 1.807) is 0 Å². The van der Waals surface area contributed by atoms with Crippen LogP contribution in [-0.4, -0.2) is 0 Å². The first-order valence-corrected chi connectivity index (χ1v) is 9.55. The molecule has 0 fully saturated rings. The normalized spacial score (nSPS) is 18.2. The Bertz CT molecular complexity index is 877. The van der Waals surface area contributed by atoms with E-state index in [2.05, 4.69) is 80.6 Å². The van der Waals surface area contributed by atoms with Gasteiger partial charge in [-0.1, -0.05) is 80.5 Å². The fraction of sp³-hybridized carbons (Fsp3) is 0.280. The predicted octanol–water partition coefficient (Wildman–Crippen LogP) is 7.17. The first-order valence-electron chi connectivity index (χ1n) is 9.55. The van der Waals surface area contributed by atoms with Crippen molar-refractivity contribution in [2.75, 3.05) is 0 Å². The lowest BCUT2D eigenvalue weighted by Gasteiger charge is -2.11. The van der Waals surface area contributed by atoms with Crippen molar-refractivity contribution >= 4 is 17.2 Å². The molecule has 2 aromatic rings. The summed E-state index contributed by atoms with van der Waals surface area (Å²) in [4.78, 5) is 0. The first kappa shape index (κ1) is 16.1. The molecule has 0 aliphatic heterocycles. The largest absolute Gasteiger partial charge is 0.0764 e. The highest BCUT2D eigenvalue weighted by Gasteiger charge is 2.18. The van der Waals surface area contributed by atoms with Gasteiger partial charge in [0.05, 0.1) is 0 Å². The fourth-order valence-corrected chi connectivity index (χ4v) is 4.08. The van der Waals surface area contributed by atoms with E-state index < -0.39 is 0 Å². The molecule has 0 saturated heterocycles. The van der Waals surface area contributed by atoms with Gasteiger partial charge < -0.3 is 0 Å². The summed E-state index contributed by atoms with van der Waals surface area (Å²) in [6, 6.07) is 15.7. The minimum Gasteiger partial charge on any atom is -0.0764 e. The number of unbranched alkanes of at least 4 members (excludes halogenated alkanes) is 1. The molecule has 0 aromatic heterocycles. The number of fused-ring (bicyclic) bond motifs is 1. The highest BCUT2D eigenvalue weighted by molar-refractivity contribution is 5.90. The lowest BCUT2D eigenvalue weighted by Crippen LogP contribution is -1.94. The van der Waals surface area contributed by atoms with Gasteiger partial charge in [-0.15, -0.1) is 0 Å². The fourth-order valence-electron chi connectivity index (χ4n) is 4.08. The van der Waals surface area contributed by atoms with Crippen LogP contribution in [0.25, 0.3) is 17.2 Å². The molecule has 1 unspecified atom stereocenters. The summed E-state index contributed by atoms with van der Waals surface area (Å²) in [7, 11) is 0. The summed E-state index contributed by atoms with van der Waals surface area (Å²) in [6.07, 6.45) is 14.4. The average molecular weight is 326 g/mol.